The van der Waals surface area contributed by atoms with Crippen LogP contribution in [0.3, 0.4) is 0 Å². The number of piperazine rings is 1. The molecule has 1 heterocycles. The molecule has 0 amide bonds. The van der Waals surface area contributed by atoms with Crippen molar-refractivity contribution in [3.63, 3.8) is 0 Å². The molecule has 1 N–H and O–H groups in total. The third kappa shape index (κ3) is 2.19. The number of rotatable bonds is 2. The minimum Gasteiger partial charge on any atom is -0.314 e. The van der Waals surface area contributed by atoms with Crippen molar-refractivity contribution in [3.8, 4) is 0 Å². The van der Waals surface area contributed by atoms with Crippen molar-refractivity contribution in [3.05, 3.63) is 35.9 Å². The normalized spacial score (nSPS) is 28.4. The Hall–Kier alpha value is -0.860. The predicted molar refractivity (Wildman–Crippen MR) is 75.6 cm³/mol. The first-order valence-corrected chi connectivity index (χ1v) is 7.32. The van der Waals surface area contributed by atoms with Gasteiger partial charge < -0.3 is 5.32 Å². The highest BCUT2D eigenvalue weighted by Crippen LogP contribution is 2.40. The minimum atomic E-state index is 0.433. The third-order valence-electron chi connectivity index (χ3n) is 4.80. The first kappa shape index (κ1) is 12.2. The van der Waals surface area contributed by atoms with Gasteiger partial charge in [0, 0.05) is 31.2 Å². The maximum atomic E-state index is 3.56. The molecule has 0 spiro atoms. The first-order chi connectivity index (χ1) is 8.80. The van der Waals surface area contributed by atoms with Crippen LogP contribution in [0.4, 0.5) is 0 Å². The van der Waals surface area contributed by atoms with Crippen LogP contribution in [-0.4, -0.2) is 30.1 Å². The van der Waals surface area contributed by atoms with E-state index in [4.69, 9.17) is 0 Å². The van der Waals surface area contributed by atoms with Gasteiger partial charge in [-0.2, -0.15) is 0 Å². The average Bonchev–Trinajstić information content (AvgIpc) is 2.88. The molecule has 98 valence electrons. The van der Waals surface area contributed by atoms with E-state index >= 15 is 0 Å². The van der Waals surface area contributed by atoms with Gasteiger partial charge in [0.15, 0.2) is 0 Å². The van der Waals surface area contributed by atoms with Crippen LogP contribution in [0.2, 0.25) is 0 Å². The van der Waals surface area contributed by atoms with Crippen molar-refractivity contribution in [2.24, 2.45) is 0 Å². The number of benzene rings is 1. The van der Waals surface area contributed by atoms with Crippen LogP contribution in [0.1, 0.15) is 44.2 Å². The molecule has 2 nitrogen and oxygen atoms in total. The number of hydrogen-bond donors (Lipinski definition) is 1. The lowest BCUT2D eigenvalue weighted by Crippen LogP contribution is -2.55. The fourth-order valence-corrected chi connectivity index (χ4v) is 3.75. The zero-order valence-corrected chi connectivity index (χ0v) is 11.4. The summed E-state index contributed by atoms with van der Waals surface area (Å²) in [5.74, 6) is 0. The predicted octanol–water partition coefficient (Wildman–Crippen LogP) is 2.97. The van der Waals surface area contributed by atoms with Crippen LogP contribution in [0.15, 0.2) is 30.3 Å². The monoisotopic (exact) mass is 244 g/mol. The standard InChI is InChI=1S/C16H24N2/c1-16(9-5-6-10-16)18-12-11-17-13-15(18)14-7-3-2-4-8-14/h2-4,7-8,15,17H,5-6,9-13H2,1H3. The molecule has 1 aromatic rings. The Bertz CT molecular complexity index is 381. The maximum absolute atomic E-state index is 3.56. The summed E-state index contributed by atoms with van der Waals surface area (Å²) in [5, 5.41) is 3.56. The van der Waals surface area contributed by atoms with E-state index < -0.39 is 0 Å². The van der Waals surface area contributed by atoms with Gasteiger partial charge in [0.1, 0.15) is 0 Å². The van der Waals surface area contributed by atoms with Crippen LogP contribution in [-0.2, 0) is 0 Å². The van der Waals surface area contributed by atoms with E-state index in [9.17, 15) is 0 Å². The second-order valence-corrected chi connectivity index (χ2v) is 6.03. The Labute approximate surface area is 110 Å². The lowest BCUT2D eigenvalue weighted by Gasteiger charge is -2.47. The van der Waals surface area contributed by atoms with Crippen molar-refractivity contribution in [2.45, 2.75) is 44.2 Å². The van der Waals surface area contributed by atoms with Crippen LogP contribution < -0.4 is 5.32 Å². The van der Waals surface area contributed by atoms with Crippen LogP contribution in [0.5, 0.6) is 0 Å². The summed E-state index contributed by atoms with van der Waals surface area (Å²) in [7, 11) is 0. The van der Waals surface area contributed by atoms with Crippen molar-refractivity contribution >= 4 is 0 Å². The van der Waals surface area contributed by atoms with E-state index in [1.54, 1.807) is 0 Å². The van der Waals surface area contributed by atoms with Gasteiger partial charge in [-0.05, 0) is 25.3 Å². The largest absolute Gasteiger partial charge is 0.314 e. The Morgan fingerprint density at radius 3 is 2.61 bits per heavy atom. The molecule has 1 saturated heterocycles. The molecule has 1 aromatic carbocycles. The zero-order chi connectivity index (χ0) is 12.4. The molecular weight excluding hydrogens is 220 g/mol. The Kier molecular flexibility index (Phi) is 3.40. The summed E-state index contributed by atoms with van der Waals surface area (Å²) in [6.45, 7) is 5.90. The van der Waals surface area contributed by atoms with Gasteiger partial charge in [0.25, 0.3) is 0 Å². The summed E-state index contributed by atoms with van der Waals surface area (Å²) in [4.78, 5) is 2.77. The molecule has 1 aliphatic heterocycles. The Morgan fingerprint density at radius 2 is 1.89 bits per heavy atom. The Balaban J connectivity index is 1.86. The summed E-state index contributed by atoms with van der Waals surface area (Å²) < 4.78 is 0. The van der Waals surface area contributed by atoms with E-state index in [1.165, 1.54) is 37.8 Å². The van der Waals surface area contributed by atoms with Crippen molar-refractivity contribution in [1.82, 2.24) is 10.2 Å². The van der Waals surface area contributed by atoms with E-state index in [0.717, 1.165) is 13.1 Å². The number of nitrogens with zero attached hydrogens (tertiary/aromatic N) is 1. The molecule has 0 radical (unpaired) electrons. The summed E-state index contributed by atoms with van der Waals surface area (Å²) >= 11 is 0. The smallest absolute Gasteiger partial charge is 0.0478 e. The molecule has 2 fully saturated rings. The lowest BCUT2D eigenvalue weighted by molar-refractivity contribution is 0.0402. The van der Waals surface area contributed by atoms with Gasteiger partial charge in [-0.3, -0.25) is 4.90 Å². The second-order valence-electron chi connectivity index (χ2n) is 6.03. The molecule has 0 aromatic heterocycles. The quantitative estimate of drug-likeness (QED) is 0.860. The highest BCUT2D eigenvalue weighted by atomic mass is 15.3. The van der Waals surface area contributed by atoms with Crippen LogP contribution in [0, 0.1) is 0 Å². The van der Waals surface area contributed by atoms with E-state index in [1.807, 2.05) is 0 Å². The SMILES string of the molecule is CC1(N2CCNCC2c2ccccc2)CCCC1. The molecule has 1 aliphatic carbocycles. The highest BCUT2D eigenvalue weighted by Gasteiger charge is 2.40. The van der Waals surface area contributed by atoms with E-state index in [-0.39, 0.29) is 0 Å². The minimum absolute atomic E-state index is 0.433. The summed E-state index contributed by atoms with van der Waals surface area (Å²) in [6, 6.07) is 11.6. The highest BCUT2D eigenvalue weighted by molar-refractivity contribution is 5.21. The molecule has 18 heavy (non-hydrogen) atoms. The first-order valence-electron chi connectivity index (χ1n) is 7.32. The zero-order valence-electron chi connectivity index (χ0n) is 11.4. The topological polar surface area (TPSA) is 15.3 Å². The molecule has 3 rings (SSSR count). The summed E-state index contributed by atoms with van der Waals surface area (Å²) in [6.07, 6.45) is 5.55. The molecule has 0 bridgehead atoms. The van der Waals surface area contributed by atoms with Crippen LogP contribution >= 0.6 is 0 Å². The summed E-state index contributed by atoms with van der Waals surface area (Å²) in [5.41, 5.74) is 1.90. The van der Waals surface area contributed by atoms with Gasteiger partial charge in [-0.25, -0.2) is 0 Å². The van der Waals surface area contributed by atoms with E-state index in [2.05, 4.69) is 47.5 Å². The molecule has 1 saturated carbocycles. The molecular formula is C16H24N2. The Morgan fingerprint density at radius 1 is 1.17 bits per heavy atom. The third-order valence-corrected chi connectivity index (χ3v) is 4.80. The van der Waals surface area contributed by atoms with Gasteiger partial charge in [0.05, 0.1) is 0 Å². The molecule has 1 unspecified atom stereocenters. The average molecular weight is 244 g/mol. The number of nitrogens with one attached hydrogen (secondary N) is 1. The van der Waals surface area contributed by atoms with Gasteiger partial charge in [-0.15, -0.1) is 0 Å². The number of hydrogen-bond acceptors (Lipinski definition) is 2. The molecule has 1 atom stereocenters. The fourth-order valence-electron chi connectivity index (χ4n) is 3.75. The van der Waals surface area contributed by atoms with Crippen molar-refractivity contribution in [1.29, 1.82) is 0 Å². The van der Waals surface area contributed by atoms with Gasteiger partial charge in [0.2, 0.25) is 0 Å². The van der Waals surface area contributed by atoms with Crippen molar-refractivity contribution < 1.29 is 0 Å². The van der Waals surface area contributed by atoms with Gasteiger partial charge in [-0.1, -0.05) is 43.2 Å². The van der Waals surface area contributed by atoms with Crippen molar-refractivity contribution in [2.75, 3.05) is 19.6 Å². The fraction of sp³-hybridized carbons (Fsp3) is 0.625. The molecule has 2 heteroatoms. The maximum Gasteiger partial charge on any atom is 0.0478 e. The van der Waals surface area contributed by atoms with E-state index in [0.29, 0.717) is 11.6 Å². The van der Waals surface area contributed by atoms with Crippen LogP contribution in [0.25, 0.3) is 0 Å². The lowest BCUT2D eigenvalue weighted by atomic mass is 9.91. The van der Waals surface area contributed by atoms with Gasteiger partial charge >= 0.3 is 0 Å². The second kappa shape index (κ2) is 5.02. The molecule has 2 aliphatic rings.